The van der Waals surface area contributed by atoms with Crippen molar-refractivity contribution < 1.29 is 0 Å². The molecule has 0 aliphatic rings. The average Bonchev–Trinajstić information content (AvgIpc) is 2.70. The third kappa shape index (κ3) is 1.39. The number of hydrogen-bond acceptors (Lipinski definition) is 1. The summed E-state index contributed by atoms with van der Waals surface area (Å²) in [6.45, 7) is 2.08. The van der Waals surface area contributed by atoms with Gasteiger partial charge >= 0.3 is 0 Å². The van der Waals surface area contributed by atoms with E-state index in [0.29, 0.717) is 0 Å². The van der Waals surface area contributed by atoms with Crippen LogP contribution in [0.3, 0.4) is 0 Å². The van der Waals surface area contributed by atoms with Gasteiger partial charge in [-0.15, -0.1) is 0 Å². The van der Waals surface area contributed by atoms with Crippen molar-refractivity contribution in [3.05, 3.63) is 54.5 Å². The van der Waals surface area contributed by atoms with Gasteiger partial charge in [-0.05, 0) is 30.7 Å². The van der Waals surface area contributed by atoms with Gasteiger partial charge in [0.2, 0.25) is 0 Å². The molecule has 0 bridgehead atoms. The highest BCUT2D eigenvalue weighted by Crippen LogP contribution is 2.27. The molecule has 0 aliphatic heterocycles. The van der Waals surface area contributed by atoms with Crippen LogP contribution in [0.25, 0.3) is 22.0 Å². The van der Waals surface area contributed by atoms with Crippen LogP contribution in [0.2, 0.25) is 0 Å². The zero-order valence-electron chi connectivity index (χ0n) is 9.07. The van der Waals surface area contributed by atoms with E-state index in [1.54, 1.807) is 0 Å². The second kappa shape index (κ2) is 3.49. The van der Waals surface area contributed by atoms with Crippen LogP contribution in [0, 0.1) is 6.92 Å². The van der Waals surface area contributed by atoms with Crippen molar-refractivity contribution in [1.82, 2.24) is 9.97 Å². The van der Waals surface area contributed by atoms with E-state index in [-0.39, 0.29) is 0 Å². The SMILES string of the molecule is Cc1cc2cccc(-c3ccncc3)c2[nH]1. The highest BCUT2D eigenvalue weighted by atomic mass is 14.7. The number of fused-ring (bicyclic) bond motifs is 1. The van der Waals surface area contributed by atoms with Gasteiger partial charge in [-0.2, -0.15) is 0 Å². The molecule has 3 rings (SSSR count). The monoisotopic (exact) mass is 208 g/mol. The van der Waals surface area contributed by atoms with Gasteiger partial charge in [0, 0.05) is 29.0 Å². The van der Waals surface area contributed by atoms with Crippen molar-refractivity contribution in [2.45, 2.75) is 6.92 Å². The zero-order chi connectivity index (χ0) is 11.0. The van der Waals surface area contributed by atoms with Crippen LogP contribution < -0.4 is 0 Å². The Labute approximate surface area is 94.0 Å². The number of nitrogens with one attached hydrogen (secondary N) is 1. The number of pyridine rings is 1. The van der Waals surface area contributed by atoms with E-state index in [4.69, 9.17) is 0 Å². The third-order valence-electron chi connectivity index (χ3n) is 2.78. The molecular formula is C14H12N2. The summed E-state index contributed by atoms with van der Waals surface area (Å²) in [6.07, 6.45) is 3.65. The standard InChI is InChI=1S/C14H12N2/c1-10-9-12-3-2-4-13(14(12)16-10)11-5-7-15-8-6-11/h2-9,16H,1H3. The molecule has 0 spiro atoms. The molecule has 0 amide bonds. The Morgan fingerprint density at radius 2 is 1.88 bits per heavy atom. The van der Waals surface area contributed by atoms with E-state index >= 15 is 0 Å². The first-order chi connectivity index (χ1) is 7.84. The average molecular weight is 208 g/mol. The van der Waals surface area contributed by atoms with Crippen LogP contribution in [0.1, 0.15) is 5.69 Å². The van der Waals surface area contributed by atoms with Gasteiger partial charge in [-0.1, -0.05) is 18.2 Å². The largest absolute Gasteiger partial charge is 0.358 e. The van der Waals surface area contributed by atoms with Gasteiger partial charge in [0.05, 0.1) is 5.52 Å². The van der Waals surface area contributed by atoms with Crippen LogP contribution in [-0.4, -0.2) is 9.97 Å². The van der Waals surface area contributed by atoms with E-state index in [2.05, 4.69) is 41.2 Å². The quantitative estimate of drug-likeness (QED) is 0.651. The molecule has 1 aromatic carbocycles. The lowest BCUT2D eigenvalue weighted by Gasteiger charge is -2.02. The van der Waals surface area contributed by atoms with Crippen LogP contribution in [-0.2, 0) is 0 Å². The second-order valence-electron chi connectivity index (χ2n) is 3.96. The Hall–Kier alpha value is -2.09. The summed E-state index contributed by atoms with van der Waals surface area (Å²) in [5.41, 5.74) is 4.82. The number of aryl methyl sites for hydroxylation is 1. The Morgan fingerprint density at radius 3 is 2.69 bits per heavy atom. The number of H-pyrrole nitrogens is 1. The molecule has 1 N–H and O–H groups in total. The molecule has 16 heavy (non-hydrogen) atoms. The molecule has 0 atom stereocenters. The van der Waals surface area contributed by atoms with Crippen molar-refractivity contribution in [3.63, 3.8) is 0 Å². The Balaban J connectivity index is 2.31. The minimum absolute atomic E-state index is 1.19. The summed E-state index contributed by atoms with van der Waals surface area (Å²) in [6, 6.07) is 12.6. The molecule has 0 saturated carbocycles. The fourth-order valence-corrected chi connectivity index (χ4v) is 2.07. The highest BCUT2D eigenvalue weighted by molar-refractivity contribution is 5.94. The van der Waals surface area contributed by atoms with Crippen LogP contribution in [0.4, 0.5) is 0 Å². The first-order valence-electron chi connectivity index (χ1n) is 5.33. The molecule has 0 aliphatic carbocycles. The number of benzene rings is 1. The Kier molecular flexibility index (Phi) is 2.00. The molecule has 0 unspecified atom stereocenters. The number of hydrogen-bond donors (Lipinski definition) is 1. The zero-order valence-corrected chi connectivity index (χ0v) is 9.07. The van der Waals surface area contributed by atoms with Crippen molar-refractivity contribution in [1.29, 1.82) is 0 Å². The molecule has 2 heterocycles. The number of nitrogens with zero attached hydrogens (tertiary/aromatic N) is 1. The van der Waals surface area contributed by atoms with E-state index in [1.165, 1.54) is 27.7 Å². The van der Waals surface area contributed by atoms with E-state index in [0.717, 1.165) is 0 Å². The second-order valence-corrected chi connectivity index (χ2v) is 3.96. The van der Waals surface area contributed by atoms with Gasteiger partial charge in [0.1, 0.15) is 0 Å². The molecule has 3 aromatic rings. The lowest BCUT2D eigenvalue weighted by molar-refractivity contribution is 1.30. The Morgan fingerprint density at radius 1 is 1.06 bits per heavy atom. The topological polar surface area (TPSA) is 28.7 Å². The molecule has 2 heteroatoms. The van der Waals surface area contributed by atoms with Crippen molar-refractivity contribution in [3.8, 4) is 11.1 Å². The first kappa shape index (κ1) is 9.16. The molecule has 0 saturated heterocycles. The van der Waals surface area contributed by atoms with Crippen LogP contribution in [0.15, 0.2) is 48.8 Å². The maximum atomic E-state index is 4.05. The summed E-state index contributed by atoms with van der Waals surface area (Å²) >= 11 is 0. The van der Waals surface area contributed by atoms with Gasteiger partial charge in [0.15, 0.2) is 0 Å². The van der Waals surface area contributed by atoms with Crippen LogP contribution in [0.5, 0.6) is 0 Å². The molecule has 0 fully saturated rings. The summed E-state index contributed by atoms with van der Waals surface area (Å²) in [5.74, 6) is 0. The van der Waals surface area contributed by atoms with Gasteiger partial charge in [0.25, 0.3) is 0 Å². The smallest absolute Gasteiger partial charge is 0.0535 e. The summed E-state index contributed by atoms with van der Waals surface area (Å²) in [5, 5.41) is 1.26. The molecule has 2 nitrogen and oxygen atoms in total. The van der Waals surface area contributed by atoms with Crippen molar-refractivity contribution in [2.24, 2.45) is 0 Å². The third-order valence-corrected chi connectivity index (χ3v) is 2.78. The summed E-state index contributed by atoms with van der Waals surface area (Å²) < 4.78 is 0. The predicted octanol–water partition coefficient (Wildman–Crippen LogP) is 3.54. The maximum Gasteiger partial charge on any atom is 0.0535 e. The fraction of sp³-hybridized carbons (Fsp3) is 0.0714. The van der Waals surface area contributed by atoms with Gasteiger partial charge in [-0.25, -0.2) is 0 Å². The van der Waals surface area contributed by atoms with Crippen molar-refractivity contribution in [2.75, 3.05) is 0 Å². The van der Waals surface area contributed by atoms with E-state index < -0.39 is 0 Å². The lowest BCUT2D eigenvalue weighted by Crippen LogP contribution is -1.80. The van der Waals surface area contributed by atoms with E-state index in [1.807, 2.05) is 24.5 Å². The predicted molar refractivity (Wildman–Crippen MR) is 66.3 cm³/mol. The molecule has 2 aromatic heterocycles. The van der Waals surface area contributed by atoms with Gasteiger partial charge < -0.3 is 4.98 Å². The van der Waals surface area contributed by atoms with Crippen LogP contribution >= 0.6 is 0 Å². The van der Waals surface area contributed by atoms with Crippen molar-refractivity contribution >= 4 is 10.9 Å². The number of rotatable bonds is 1. The normalized spacial score (nSPS) is 10.8. The highest BCUT2D eigenvalue weighted by Gasteiger charge is 2.04. The number of aromatic nitrogens is 2. The molecule has 78 valence electrons. The lowest BCUT2D eigenvalue weighted by atomic mass is 10.0. The summed E-state index contributed by atoms with van der Waals surface area (Å²) in [7, 11) is 0. The van der Waals surface area contributed by atoms with Gasteiger partial charge in [-0.3, -0.25) is 4.98 Å². The number of aromatic amines is 1. The first-order valence-corrected chi connectivity index (χ1v) is 5.33. The van der Waals surface area contributed by atoms with E-state index in [9.17, 15) is 0 Å². The molecule has 0 radical (unpaired) electrons. The fourth-order valence-electron chi connectivity index (χ4n) is 2.07. The number of para-hydroxylation sites is 1. The maximum absolute atomic E-state index is 4.05. The Bertz CT molecular complexity index is 624. The summed E-state index contributed by atoms with van der Waals surface area (Å²) in [4.78, 5) is 7.45. The minimum Gasteiger partial charge on any atom is -0.358 e. The molecular weight excluding hydrogens is 196 g/mol. The minimum atomic E-state index is 1.19.